The Morgan fingerprint density at radius 3 is 1.50 bits per heavy atom. The SMILES string of the molecule is c1ccc(-c2c3ccc(N4CCCCC4)cc3c(-c3ccc4cc(-c5cccc6ccccc56)ccc4c3)c3ccc(N4CCCCC4)cc23)cc1. The standard InChI is InChI=1S/C50H44N2/c1-4-14-36(15-5-1)49-45-25-23-42(52-29-10-3-11-30-52)34-48(45)50(46-26-24-41(33-47(46)49)51-27-8-2-9-28-51)40-22-20-37-31-39(21-19-38(37)32-40)44-18-12-16-35-13-6-7-17-43(35)44/h1,4-7,12-26,31-34H,2-3,8-11,27-30H2. The highest BCUT2D eigenvalue weighted by atomic mass is 15.1. The third kappa shape index (κ3) is 5.49. The number of anilines is 2. The van der Waals surface area contributed by atoms with Crippen LogP contribution in [0.3, 0.4) is 0 Å². The van der Waals surface area contributed by atoms with Gasteiger partial charge in [0.1, 0.15) is 0 Å². The van der Waals surface area contributed by atoms with Gasteiger partial charge in [0.25, 0.3) is 0 Å². The van der Waals surface area contributed by atoms with Crippen molar-refractivity contribution in [2.75, 3.05) is 36.0 Å². The van der Waals surface area contributed by atoms with Crippen molar-refractivity contribution in [3.05, 3.63) is 146 Å². The minimum Gasteiger partial charge on any atom is -0.372 e. The zero-order chi connectivity index (χ0) is 34.4. The second kappa shape index (κ2) is 13.2. The van der Waals surface area contributed by atoms with Gasteiger partial charge in [0.2, 0.25) is 0 Å². The minimum atomic E-state index is 1.13. The summed E-state index contributed by atoms with van der Waals surface area (Å²) in [6, 6.07) is 55.2. The van der Waals surface area contributed by atoms with E-state index in [9.17, 15) is 0 Å². The Balaban J connectivity index is 1.21. The predicted molar refractivity (Wildman–Crippen MR) is 225 cm³/mol. The van der Waals surface area contributed by atoms with Crippen LogP contribution in [0, 0.1) is 0 Å². The summed E-state index contributed by atoms with van der Waals surface area (Å²) < 4.78 is 0. The molecular weight excluding hydrogens is 629 g/mol. The van der Waals surface area contributed by atoms with Crippen molar-refractivity contribution in [2.45, 2.75) is 38.5 Å². The normalized spacial score (nSPS) is 15.2. The van der Waals surface area contributed by atoms with Crippen LogP contribution in [0.4, 0.5) is 11.4 Å². The summed E-state index contributed by atoms with van der Waals surface area (Å²) in [7, 11) is 0. The summed E-state index contributed by atoms with van der Waals surface area (Å²) >= 11 is 0. The molecule has 0 bridgehead atoms. The first-order valence-corrected chi connectivity index (χ1v) is 19.4. The first-order valence-electron chi connectivity index (χ1n) is 19.4. The average Bonchev–Trinajstić information content (AvgIpc) is 3.22. The Bertz CT molecular complexity index is 2580. The van der Waals surface area contributed by atoms with Crippen molar-refractivity contribution < 1.29 is 0 Å². The van der Waals surface area contributed by atoms with Crippen LogP contribution in [0.5, 0.6) is 0 Å². The van der Waals surface area contributed by atoms with Crippen molar-refractivity contribution in [1.29, 1.82) is 0 Å². The van der Waals surface area contributed by atoms with Crippen LogP contribution in [0.1, 0.15) is 38.5 Å². The fraction of sp³-hybridized carbons (Fsp3) is 0.200. The van der Waals surface area contributed by atoms with E-state index >= 15 is 0 Å². The van der Waals surface area contributed by atoms with Crippen molar-refractivity contribution >= 4 is 54.5 Å². The van der Waals surface area contributed by atoms with Crippen LogP contribution in [-0.4, -0.2) is 26.2 Å². The van der Waals surface area contributed by atoms with Crippen LogP contribution in [0.2, 0.25) is 0 Å². The maximum Gasteiger partial charge on any atom is 0.0372 e. The highest BCUT2D eigenvalue weighted by molar-refractivity contribution is 6.22. The Morgan fingerprint density at radius 1 is 0.308 bits per heavy atom. The van der Waals surface area contributed by atoms with Gasteiger partial charge in [-0.2, -0.15) is 0 Å². The quantitative estimate of drug-likeness (QED) is 0.168. The van der Waals surface area contributed by atoms with Gasteiger partial charge >= 0.3 is 0 Å². The first-order chi connectivity index (χ1) is 25.8. The molecule has 0 N–H and O–H groups in total. The molecule has 0 amide bonds. The van der Waals surface area contributed by atoms with Crippen LogP contribution < -0.4 is 9.80 Å². The third-order valence-corrected chi connectivity index (χ3v) is 11.8. The first kappa shape index (κ1) is 31.2. The fourth-order valence-corrected chi connectivity index (χ4v) is 9.17. The van der Waals surface area contributed by atoms with Crippen molar-refractivity contribution in [3.8, 4) is 33.4 Å². The van der Waals surface area contributed by atoms with E-state index < -0.39 is 0 Å². The zero-order valence-corrected chi connectivity index (χ0v) is 29.8. The van der Waals surface area contributed by atoms with E-state index in [0.717, 1.165) is 26.2 Å². The topological polar surface area (TPSA) is 6.48 Å². The molecule has 52 heavy (non-hydrogen) atoms. The molecule has 2 saturated heterocycles. The molecule has 2 fully saturated rings. The van der Waals surface area contributed by atoms with E-state index in [1.807, 2.05) is 0 Å². The van der Waals surface area contributed by atoms with E-state index in [1.54, 1.807) is 0 Å². The Labute approximate surface area is 306 Å². The third-order valence-electron chi connectivity index (χ3n) is 11.8. The van der Waals surface area contributed by atoms with E-state index in [4.69, 9.17) is 0 Å². The summed E-state index contributed by atoms with van der Waals surface area (Å²) in [4.78, 5) is 5.21. The molecule has 254 valence electrons. The minimum absolute atomic E-state index is 1.13. The predicted octanol–water partition coefficient (Wildman–Crippen LogP) is 13.3. The Hall–Kier alpha value is -5.60. The smallest absolute Gasteiger partial charge is 0.0372 e. The lowest BCUT2D eigenvalue weighted by Crippen LogP contribution is -2.29. The van der Waals surface area contributed by atoms with Crippen LogP contribution in [0.15, 0.2) is 146 Å². The number of hydrogen-bond donors (Lipinski definition) is 0. The molecule has 0 aromatic heterocycles. The summed E-state index contributed by atoms with van der Waals surface area (Å²) in [5, 5.41) is 10.5. The maximum atomic E-state index is 2.60. The molecule has 8 aromatic carbocycles. The molecule has 2 heteroatoms. The van der Waals surface area contributed by atoms with E-state index in [0.29, 0.717) is 0 Å². The van der Waals surface area contributed by atoms with Gasteiger partial charge in [0.05, 0.1) is 0 Å². The number of benzene rings is 8. The highest BCUT2D eigenvalue weighted by Gasteiger charge is 2.21. The largest absolute Gasteiger partial charge is 0.372 e. The molecule has 8 aromatic rings. The van der Waals surface area contributed by atoms with Gasteiger partial charge in [-0.3, -0.25) is 0 Å². The molecule has 0 aliphatic carbocycles. The number of hydrogen-bond acceptors (Lipinski definition) is 2. The molecule has 0 unspecified atom stereocenters. The van der Waals surface area contributed by atoms with Gasteiger partial charge < -0.3 is 9.80 Å². The monoisotopic (exact) mass is 672 g/mol. The van der Waals surface area contributed by atoms with Gasteiger partial charge in [-0.05, 0) is 151 Å². The number of rotatable bonds is 5. The van der Waals surface area contributed by atoms with Crippen molar-refractivity contribution in [2.24, 2.45) is 0 Å². The number of fused-ring (bicyclic) bond motifs is 4. The van der Waals surface area contributed by atoms with Gasteiger partial charge in [0, 0.05) is 37.6 Å². The highest BCUT2D eigenvalue weighted by Crippen LogP contribution is 2.46. The summed E-state index contributed by atoms with van der Waals surface area (Å²) in [5.41, 5.74) is 10.5. The maximum absolute atomic E-state index is 2.60. The van der Waals surface area contributed by atoms with Crippen LogP contribution in [-0.2, 0) is 0 Å². The molecule has 10 rings (SSSR count). The van der Waals surface area contributed by atoms with Crippen molar-refractivity contribution in [3.63, 3.8) is 0 Å². The number of nitrogens with zero attached hydrogens (tertiary/aromatic N) is 2. The van der Waals surface area contributed by atoms with Gasteiger partial charge in [0.15, 0.2) is 0 Å². The molecular formula is C50H44N2. The molecule has 0 atom stereocenters. The number of piperidine rings is 2. The second-order valence-corrected chi connectivity index (χ2v) is 15.0. The van der Waals surface area contributed by atoms with E-state index in [-0.39, 0.29) is 0 Å². The molecule has 2 aliphatic heterocycles. The van der Waals surface area contributed by atoms with E-state index in [1.165, 1.54) is 126 Å². The zero-order valence-electron chi connectivity index (χ0n) is 29.8. The molecule has 0 saturated carbocycles. The average molecular weight is 673 g/mol. The van der Waals surface area contributed by atoms with Gasteiger partial charge in [-0.1, -0.05) is 109 Å². The van der Waals surface area contributed by atoms with Gasteiger partial charge in [-0.25, -0.2) is 0 Å². The second-order valence-electron chi connectivity index (χ2n) is 15.0. The summed E-state index contributed by atoms with van der Waals surface area (Å²) in [6.45, 7) is 4.54. The lowest BCUT2D eigenvalue weighted by Gasteiger charge is -2.30. The molecule has 2 nitrogen and oxygen atoms in total. The lowest BCUT2D eigenvalue weighted by molar-refractivity contribution is 0.578. The van der Waals surface area contributed by atoms with Crippen LogP contribution in [0.25, 0.3) is 76.5 Å². The molecule has 0 spiro atoms. The Morgan fingerprint density at radius 2 is 0.846 bits per heavy atom. The van der Waals surface area contributed by atoms with E-state index in [2.05, 4.69) is 155 Å². The van der Waals surface area contributed by atoms with Gasteiger partial charge in [-0.15, -0.1) is 0 Å². The van der Waals surface area contributed by atoms with Crippen molar-refractivity contribution in [1.82, 2.24) is 0 Å². The lowest BCUT2D eigenvalue weighted by atomic mass is 9.84. The summed E-state index contributed by atoms with van der Waals surface area (Å²) in [6.07, 6.45) is 7.73. The Kier molecular flexibility index (Phi) is 7.90. The summed E-state index contributed by atoms with van der Waals surface area (Å²) in [5.74, 6) is 0. The fourth-order valence-electron chi connectivity index (χ4n) is 9.17. The van der Waals surface area contributed by atoms with Crippen LogP contribution >= 0.6 is 0 Å². The molecule has 2 heterocycles. The molecule has 0 radical (unpaired) electrons. The molecule has 2 aliphatic rings.